The summed E-state index contributed by atoms with van der Waals surface area (Å²) in [6.07, 6.45) is 7.22. The maximum atomic E-state index is 5.61. The summed E-state index contributed by atoms with van der Waals surface area (Å²) in [6.45, 7) is 6.35. The molecular weight excluding hydrogens is 194 g/mol. The van der Waals surface area contributed by atoms with Gasteiger partial charge in [-0.05, 0) is 19.4 Å². The zero-order chi connectivity index (χ0) is 10.2. The maximum absolute atomic E-state index is 5.61. The van der Waals surface area contributed by atoms with E-state index in [2.05, 4.69) is 36.6 Å². The molecule has 0 aromatic heterocycles. The summed E-state index contributed by atoms with van der Waals surface area (Å²) >= 11 is 4.14. The number of ether oxygens (including phenoxy) is 1. The molecule has 14 heavy (non-hydrogen) atoms. The molecular formula is C11H21NOS. The highest BCUT2D eigenvalue weighted by Gasteiger charge is 2.17. The van der Waals surface area contributed by atoms with Crippen LogP contribution in [0.5, 0.6) is 0 Å². The SMILES string of the molecule is CCN(CC=CCS)CC1CCCO1. The number of rotatable bonds is 6. The van der Waals surface area contributed by atoms with E-state index in [0.29, 0.717) is 6.10 Å². The van der Waals surface area contributed by atoms with Crippen LogP contribution in [-0.4, -0.2) is 43.0 Å². The fourth-order valence-corrected chi connectivity index (χ4v) is 1.86. The van der Waals surface area contributed by atoms with Crippen LogP contribution in [0.25, 0.3) is 0 Å². The Morgan fingerprint density at radius 1 is 1.50 bits per heavy atom. The third-order valence-electron chi connectivity index (χ3n) is 2.57. The average molecular weight is 215 g/mol. The minimum absolute atomic E-state index is 0.472. The second-order valence-electron chi connectivity index (χ2n) is 3.64. The standard InChI is InChI=1S/C11H21NOS/c1-2-12(7-3-4-9-14)10-11-6-5-8-13-11/h3-4,11,14H,2,5-10H2,1H3. The van der Waals surface area contributed by atoms with Crippen molar-refractivity contribution in [3.63, 3.8) is 0 Å². The van der Waals surface area contributed by atoms with Gasteiger partial charge in [0.2, 0.25) is 0 Å². The second kappa shape index (κ2) is 7.32. The van der Waals surface area contributed by atoms with Crippen LogP contribution in [0.3, 0.4) is 0 Å². The van der Waals surface area contributed by atoms with E-state index in [9.17, 15) is 0 Å². The summed E-state index contributed by atoms with van der Waals surface area (Å²) in [5.41, 5.74) is 0. The molecule has 0 radical (unpaired) electrons. The lowest BCUT2D eigenvalue weighted by molar-refractivity contribution is 0.0785. The summed E-state index contributed by atoms with van der Waals surface area (Å²) in [5, 5.41) is 0. The van der Waals surface area contributed by atoms with Crippen molar-refractivity contribution in [1.29, 1.82) is 0 Å². The van der Waals surface area contributed by atoms with E-state index in [4.69, 9.17) is 4.74 Å². The Kier molecular flexibility index (Phi) is 6.32. The third kappa shape index (κ3) is 4.49. The molecule has 0 aromatic rings. The van der Waals surface area contributed by atoms with Gasteiger partial charge in [0.25, 0.3) is 0 Å². The molecule has 1 aliphatic rings. The van der Waals surface area contributed by atoms with Crippen molar-refractivity contribution >= 4 is 12.6 Å². The van der Waals surface area contributed by atoms with Gasteiger partial charge in [-0.1, -0.05) is 19.1 Å². The summed E-state index contributed by atoms with van der Waals surface area (Å²) in [5.74, 6) is 0.831. The Morgan fingerprint density at radius 2 is 2.36 bits per heavy atom. The summed E-state index contributed by atoms with van der Waals surface area (Å²) in [7, 11) is 0. The molecule has 1 aliphatic heterocycles. The Balaban J connectivity index is 2.19. The van der Waals surface area contributed by atoms with Gasteiger partial charge in [-0.2, -0.15) is 12.6 Å². The molecule has 1 rings (SSSR count). The van der Waals surface area contributed by atoms with Gasteiger partial charge in [0, 0.05) is 25.4 Å². The fraction of sp³-hybridized carbons (Fsp3) is 0.818. The van der Waals surface area contributed by atoms with Crippen LogP contribution in [0.2, 0.25) is 0 Å². The smallest absolute Gasteiger partial charge is 0.0702 e. The van der Waals surface area contributed by atoms with E-state index in [0.717, 1.165) is 32.0 Å². The predicted octanol–water partition coefficient (Wildman–Crippen LogP) is 1.97. The molecule has 1 unspecified atom stereocenters. The van der Waals surface area contributed by atoms with Gasteiger partial charge in [0.05, 0.1) is 6.10 Å². The molecule has 0 bridgehead atoms. The van der Waals surface area contributed by atoms with Crippen molar-refractivity contribution < 1.29 is 4.74 Å². The average Bonchev–Trinajstić information content (AvgIpc) is 2.69. The first-order valence-corrected chi connectivity index (χ1v) is 6.10. The van der Waals surface area contributed by atoms with E-state index in [1.807, 2.05) is 0 Å². The quantitative estimate of drug-likeness (QED) is 0.537. The summed E-state index contributed by atoms with van der Waals surface area (Å²) in [6, 6.07) is 0. The first-order chi connectivity index (χ1) is 6.86. The zero-order valence-electron chi connectivity index (χ0n) is 8.98. The second-order valence-corrected chi connectivity index (χ2v) is 4.01. The predicted molar refractivity (Wildman–Crippen MR) is 64.1 cm³/mol. The Bertz CT molecular complexity index is 167. The number of nitrogens with zero attached hydrogens (tertiary/aromatic N) is 1. The van der Waals surface area contributed by atoms with Crippen molar-refractivity contribution in [3.05, 3.63) is 12.2 Å². The highest BCUT2D eigenvalue weighted by atomic mass is 32.1. The highest BCUT2D eigenvalue weighted by molar-refractivity contribution is 7.80. The molecule has 1 heterocycles. The first kappa shape index (κ1) is 12.1. The van der Waals surface area contributed by atoms with Crippen molar-refractivity contribution in [2.45, 2.75) is 25.9 Å². The van der Waals surface area contributed by atoms with E-state index < -0.39 is 0 Å². The summed E-state index contributed by atoms with van der Waals surface area (Å²) < 4.78 is 5.61. The molecule has 0 N–H and O–H groups in total. The van der Waals surface area contributed by atoms with Crippen LogP contribution < -0.4 is 0 Å². The van der Waals surface area contributed by atoms with Crippen molar-refractivity contribution in [3.8, 4) is 0 Å². The van der Waals surface area contributed by atoms with Gasteiger partial charge < -0.3 is 4.74 Å². The molecule has 0 amide bonds. The lowest BCUT2D eigenvalue weighted by Gasteiger charge is -2.21. The van der Waals surface area contributed by atoms with Crippen molar-refractivity contribution in [1.82, 2.24) is 4.90 Å². The number of hydrogen-bond acceptors (Lipinski definition) is 3. The van der Waals surface area contributed by atoms with Crippen molar-refractivity contribution in [2.24, 2.45) is 0 Å². The van der Waals surface area contributed by atoms with Crippen LogP contribution in [0, 0.1) is 0 Å². The number of hydrogen-bond donors (Lipinski definition) is 1. The van der Waals surface area contributed by atoms with Gasteiger partial charge in [0.1, 0.15) is 0 Å². The Morgan fingerprint density at radius 3 is 2.93 bits per heavy atom. The highest BCUT2D eigenvalue weighted by Crippen LogP contribution is 2.13. The Hall–Kier alpha value is 0.01000. The van der Waals surface area contributed by atoms with E-state index in [1.165, 1.54) is 12.8 Å². The van der Waals surface area contributed by atoms with Crippen molar-refractivity contribution in [2.75, 3.05) is 32.0 Å². The van der Waals surface area contributed by atoms with Crippen LogP contribution in [0.1, 0.15) is 19.8 Å². The minimum atomic E-state index is 0.472. The zero-order valence-corrected chi connectivity index (χ0v) is 9.88. The molecule has 82 valence electrons. The monoisotopic (exact) mass is 215 g/mol. The molecule has 1 saturated heterocycles. The molecule has 1 fully saturated rings. The molecule has 0 aromatic carbocycles. The van der Waals surface area contributed by atoms with Crippen LogP contribution in [0.4, 0.5) is 0 Å². The van der Waals surface area contributed by atoms with E-state index in [1.54, 1.807) is 0 Å². The molecule has 3 heteroatoms. The van der Waals surface area contributed by atoms with Gasteiger partial charge in [-0.3, -0.25) is 4.90 Å². The minimum Gasteiger partial charge on any atom is -0.377 e. The first-order valence-electron chi connectivity index (χ1n) is 5.46. The van der Waals surface area contributed by atoms with Crippen LogP contribution in [0.15, 0.2) is 12.2 Å². The van der Waals surface area contributed by atoms with Gasteiger partial charge in [-0.15, -0.1) is 0 Å². The topological polar surface area (TPSA) is 12.5 Å². The van der Waals surface area contributed by atoms with Crippen LogP contribution in [-0.2, 0) is 4.74 Å². The lowest BCUT2D eigenvalue weighted by atomic mass is 10.2. The summed E-state index contributed by atoms with van der Waals surface area (Å²) in [4.78, 5) is 2.41. The van der Waals surface area contributed by atoms with E-state index in [-0.39, 0.29) is 0 Å². The Labute approximate surface area is 92.7 Å². The fourth-order valence-electron chi connectivity index (χ4n) is 1.71. The number of likely N-dealkylation sites (N-methyl/N-ethyl adjacent to an activating group) is 1. The van der Waals surface area contributed by atoms with Gasteiger partial charge >= 0.3 is 0 Å². The molecule has 0 spiro atoms. The molecule has 2 nitrogen and oxygen atoms in total. The third-order valence-corrected chi connectivity index (χ3v) is 2.78. The largest absolute Gasteiger partial charge is 0.377 e. The van der Waals surface area contributed by atoms with E-state index >= 15 is 0 Å². The van der Waals surface area contributed by atoms with Crippen LogP contribution >= 0.6 is 12.6 Å². The number of thiol groups is 1. The van der Waals surface area contributed by atoms with Gasteiger partial charge in [0.15, 0.2) is 0 Å². The molecule has 0 saturated carbocycles. The molecule has 0 aliphatic carbocycles. The molecule has 1 atom stereocenters. The normalized spacial score (nSPS) is 22.6. The van der Waals surface area contributed by atoms with Gasteiger partial charge in [-0.25, -0.2) is 0 Å². The maximum Gasteiger partial charge on any atom is 0.0702 e. The lowest BCUT2D eigenvalue weighted by Crippen LogP contribution is -2.32.